The molecule has 0 radical (unpaired) electrons. The molecule has 2 aromatic rings. The van der Waals surface area contributed by atoms with Crippen molar-refractivity contribution in [3.8, 4) is 0 Å². The summed E-state index contributed by atoms with van der Waals surface area (Å²) in [5.74, 6) is 0. The molecular formula is C11H13BrN4. The van der Waals surface area contributed by atoms with Crippen LogP contribution in [0.1, 0.15) is 11.4 Å². The molecule has 0 saturated heterocycles. The van der Waals surface area contributed by atoms with E-state index in [4.69, 9.17) is 0 Å². The number of aromatic nitrogens is 3. The molecule has 5 heteroatoms. The number of pyridine rings is 1. The maximum Gasteiger partial charge on any atom is 0.106 e. The van der Waals surface area contributed by atoms with E-state index in [9.17, 15) is 0 Å². The van der Waals surface area contributed by atoms with Gasteiger partial charge in [-0.05, 0) is 41.1 Å². The molecule has 0 aromatic carbocycles. The molecule has 0 atom stereocenters. The van der Waals surface area contributed by atoms with Crippen molar-refractivity contribution in [2.45, 2.75) is 13.5 Å². The van der Waals surface area contributed by atoms with Crippen molar-refractivity contribution >= 4 is 21.6 Å². The van der Waals surface area contributed by atoms with E-state index in [1.165, 1.54) is 0 Å². The van der Waals surface area contributed by atoms with E-state index < -0.39 is 0 Å². The van der Waals surface area contributed by atoms with Gasteiger partial charge in [0.15, 0.2) is 0 Å². The van der Waals surface area contributed by atoms with Gasteiger partial charge in [0.1, 0.15) is 4.60 Å². The second kappa shape index (κ2) is 4.65. The molecule has 0 fully saturated rings. The first kappa shape index (κ1) is 11.1. The van der Waals surface area contributed by atoms with Crippen LogP contribution in [0.2, 0.25) is 0 Å². The van der Waals surface area contributed by atoms with Gasteiger partial charge in [0, 0.05) is 13.2 Å². The fraction of sp³-hybridized carbons (Fsp3) is 0.273. The van der Waals surface area contributed by atoms with Crippen LogP contribution in [0.5, 0.6) is 0 Å². The lowest BCUT2D eigenvalue weighted by Crippen LogP contribution is -2.06. The van der Waals surface area contributed by atoms with Gasteiger partial charge in [-0.25, -0.2) is 4.98 Å². The lowest BCUT2D eigenvalue weighted by atomic mass is 10.3. The van der Waals surface area contributed by atoms with Gasteiger partial charge in [-0.2, -0.15) is 5.10 Å². The van der Waals surface area contributed by atoms with Gasteiger partial charge in [-0.1, -0.05) is 0 Å². The molecule has 0 bridgehead atoms. The van der Waals surface area contributed by atoms with Crippen molar-refractivity contribution in [2.24, 2.45) is 7.05 Å². The summed E-state index contributed by atoms with van der Waals surface area (Å²) in [6.45, 7) is 2.73. The standard InChI is InChI=1S/C11H13BrN4/c1-8-10(3-4-11(12)15-8)13-7-9-5-6-14-16(9)2/h3-6,13H,7H2,1-2H3. The third-order valence-electron chi connectivity index (χ3n) is 2.43. The summed E-state index contributed by atoms with van der Waals surface area (Å²) in [6.07, 6.45) is 1.80. The fourth-order valence-corrected chi connectivity index (χ4v) is 1.88. The van der Waals surface area contributed by atoms with E-state index >= 15 is 0 Å². The van der Waals surface area contributed by atoms with Crippen LogP contribution in [0.25, 0.3) is 0 Å². The van der Waals surface area contributed by atoms with Crippen molar-refractivity contribution in [2.75, 3.05) is 5.32 Å². The van der Waals surface area contributed by atoms with Crippen molar-refractivity contribution < 1.29 is 0 Å². The monoisotopic (exact) mass is 280 g/mol. The van der Waals surface area contributed by atoms with E-state index in [2.05, 4.69) is 31.3 Å². The van der Waals surface area contributed by atoms with Crippen molar-refractivity contribution in [1.29, 1.82) is 0 Å². The molecular weight excluding hydrogens is 268 g/mol. The summed E-state index contributed by atoms with van der Waals surface area (Å²) < 4.78 is 2.71. The Balaban J connectivity index is 2.08. The zero-order valence-electron chi connectivity index (χ0n) is 9.24. The van der Waals surface area contributed by atoms with E-state index in [0.29, 0.717) is 0 Å². The van der Waals surface area contributed by atoms with E-state index in [1.807, 2.05) is 36.9 Å². The minimum Gasteiger partial charge on any atom is -0.378 e. The van der Waals surface area contributed by atoms with Crippen LogP contribution in [-0.4, -0.2) is 14.8 Å². The highest BCUT2D eigenvalue weighted by molar-refractivity contribution is 9.10. The largest absolute Gasteiger partial charge is 0.378 e. The van der Waals surface area contributed by atoms with E-state index in [0.717, 1.165) is 28.2 Å². The first-order valence-corrected chi connectivity index (χ1v) is 5.80. The van der Waals surface area contributed by atoms with Crippen molar-refractivity contribution in [3.05, 3.63) is 40.4 Å². The quantitative estimate of drug-likeness (QED) is 0.879. The third-order valence-corrected chi connectivity index (χ3v) is 2.88. The molecule has 0 amide bonds. The lowest BCUT2D eigenvalue weighted by Gasteiger charge is -2.09. The lowest BCUT2D eigenvalue weighted by molar-refractivity contribution is 0.720. The van der Waals surface area contributed by atoms with Crippen LogP contribution >= 0.6 is 15.9 Å². The number of halogens is 1. The van der Waals surface area contributed by atoms with Crippen molar-refractivity contribution in [3.63, 3.8) is 0 Å². The zero-order valence-corrected chi connectivity index (χ0v) is 10.8. The highest BCUT2D eigenvalue weighted by Crippen LogP contribution is 2.16. The molecule has 0 spiro atoms. The fourth-order valence-electron chi connectivity index (χ4n) is 1.48. The Kier molecular flexibility index (Phi) is 3.24. The van der Waals surface area contributed by atoms with Crippen LogP contribution in [-0.2, 0) is 13.6 Å². The smallest absolute Gasteiger partial charge is 0.106 e. The van der Waals surface area contributed by atoms with Gasteiger partial charge >= 0.3 is 0 Å². The Hall–Kier alpha value is -1.36. The van der Waals surface area contributed by atoms with Crippen LogP contribution in [0.3, 0.4) is 0 Å². The molecule has 2 heterocycles. The Bertz CT molecular complexity index is 492. The normalized spacial score (nSPS) is 10.4. The number of rotatable bonds is 3. The highest BCUT2D eigenvalue weighted by atomic mass is 79.9. The maximum absolute atomic E-state index is 4.33. The first-order valence-electron chi connectivity index (χ1n) is 5.01. The van der Waals surface area contributed by atoms with Gasteiger partial charge in [0.2, 0.25) is 0 Å². The zero-order chi connectivity index (χ0) is 11.5. The van der Waals surface area contributed by atoms with Gasteiger partial charge < -0.3 is 5.32 Å². The molecule has 0 aliphatic carbocycles. The predicted octanol–water partition coefficient (Wildman–Crippen LogP) is 2.50. The summed E-state index contributed by atoms with van der Waals surface area (Å²) in [5.41, 5.74) is 3.17. The number of aryl methyl sites for hydroxylation is 2. The summed E-state index contributed by atoms with van der Waals surface area (Å²) in [4.78, 5) is 4.33. The second-order valence-corrected chi connectivity index (χ2v) is 4.38. The van der Waals surface area contributed by atoms with Gasteiger partial charge in [-0.3, -0.25) is 4.68 Å². The molecule has 2 aromatic heterocycles. The molecule has 4 nitrogen and oxygen atoms in total. The first-order chi connectivity index (χ1) is 7.66. The van der Waals surface area contributed by atoms with Crippen molar-refractivity contribution in [1.82, 2.24) is 14.8 Å². The molecule has 0 aliphatic heterocycles. The Labute approximate surface area is 103 Å². The van der Waals surface area contributed by atoms with Crippen LogP contribution < -0.4 is 5.32 Å². The minimum atomic E-state index is 0.751. The molecule has 0 unspecified atom stereocenters. The molecule has 16 heavy (non-hydrogen) atoms. The van der Waals surface area contributed by atoms with Gasteiger partial charge in [0.25, 0.3) is 0 Å². The number of hydrogen-bond donors (Lipinski definition) is 1. The van der Waals surface area contributed by atoms with E-state index in [-0.39, 0.29) is 0 Å². The molecule has 84 valence electrons. The Morgan fingerprint density at radius 1 is 1.38 bits per heavy atom. The summed E-state index contributed by atoms with van der Waals surface area (Å²) >= 11 is 3.34. The Morgan fingerprint density at radius 3 is 2.81 bits per heavy atom. The summed E-state index contributed by atoms with van der Waals surface area (Å²) in [6, 6.07) is 5.94. The molecule has 0 saturated carbocycles. The number of anilines is 1. The Morgan fingerprint density at radius 2 is 2.19 bits per heavy atom. The molecule has 1 N–H and O–H groups in total. The SMILES string of the molecule is Cc1nc(Br)ccc1NCc1ccnn1C. The summed E-state index contributed by atoms with van der Waals surface area (Å²) in [7, 11) is 1.93. The highest BCUT2D eigenvalue weighted by Gasteiger charge is 2.02. The number of hydrogen-bond acceptors (Lipinski definition) is 3. The number of nitrogens with zero attached hydrogens (tertiary/aromatic N) is 3. The third kappa shape index (κ3) is 2.41. The molecule has 0 aliphatic rings. The second-order valence-electron chi connectivity index (χ2n) is 3.57. The maximum atomic E-state index is 4.33. The topological polar surface area (TPSA) is 42.7 Å². The van der Waals surface area contributed by atoms with Gasteiger partial charge in [0.05, 0.1) is 23.6 Å². The van der Waals surface area contributed by atoms with Gasteiger partial charge in [-0.15, -0.1) is 0 Å². The average Bonchev–Trinajstić information content (AvgIpc) is 2.63. The summed E-state index contributed by atoms with van der Waals surface area (Å²) in [5, 5.41) is 7.46. The van der Waals surface area contributed by atoms with Crippen LogP contribution in [0.4, 0.5) is 5.69 Å². The predicted molar refractivity (Wildman–Crippen MR) is 67.2 cm³/mol. The van der Waals surface area contributed by atoms with Crippen LogP contribution in [0, 0.1) is 6.92 Å². The molecule has 2 rings (SSSR count). The van der Waals surface area contributed by atoms with E-state index in [1.54, 1.807) is 6.20 Å². The van der Waals surface area contributed by atoms with Crippen LogP contribution in [0.15, 0.2) is 29.0 Å². The number of nitrogens with one attached hydrogen (secondary N) is 1. The minimum absolute atomic E-state index is 0.751. The average molecular weight is 281 g/mol.